The van der Waals surface area contributed by atoms with Gasteiger partial charge in [-0.05, 0) is 34.1 Å². The number of aromatic nitrogens is 2. The fourth-order valence-electron chi connectivity index (χ4n) is 1.15. The molecule has 0 atom stereocenters. The van der Waals surface area contributed by atoms with Gasteiger partial charge in [0.1, 0.15) is 5.82 Å². The molecule has 0 aliphatic heterocycles. The Bertz CT molecular complexity index is 470. The number of hydrogen-bond donors (Lipinski definition) is 1. The van der Waals surface area contributed by atoms with Crippen LogP contribution in [0.4, 0.5) is 4.39 Å². The van der Waals surface area contributed by atoms with Gasteiger partial charge in [-0.1, -0.05) is 11.6 Å². The van der Waals surface area contributed by atoms with Crippen LogP contribution in [0.5, 0.6) is 0 Å². The Kier molecular flexibility index (Phi) is 2.56. The molecule has 14 heavy (non-hydrogen) atoms. The van der Waals surface area contributed by atoms with E-state index in [-0.39, 0.29) is 5.82 Å². The summed E-state index contributed by atoms with van der Waals surface area (Å²) in [5.74, 6) is -0.295. The summed E-state index contributed by atoms with van der Waals surface area (Å²) in [6.45, 7) is 0. The van der Waals surface area contributed by atoms with Crippen molar-refractivity contribution in [2.75, 3.05) is 0 Å². The van der Waals surface area contributed by atoms with Gasteiger partial charge in [0.05, 0.1) is 16.9 Å². The quantitative estimate of drug-likeness (QED) is 0.846. The van der Waals surface area contributed by atoms with E-state index in [4.69, 9.17) is 11.6 Å². The van der Waals surface area contributed by atoms with Crippen molar-refractivity contribution in [1.82, 2.24) is 10.2 Å². The molecule has 0 radical (unpaired) electrons. The van der Waals surface area contributed by atoms with Crippen LogP contribution in [-0.2, 0) is 0 Å². The lowest BCUT2D eigenvalue weighted by Crippen LogP contribution is -1.83. The molecule has 0 aliphatic rings. The van der Waals surface area contributed by atoms with E-state index in [0.29, 0.717) is 15.2 Å². The highest BCUT2D eigenvalue weighted by atomic mass is 79.9. The number of hydrogen-bond acceptors (Lipinski definition) is 1. The minimum atomic E-state index is -0.295. The summed E-state index contributed by atoms with van der Waals surface area (Å²) in [4.78, 5) is 0. The Morgan fingerprint density at radius 1 is 1.43 bits per heavy atom. The summed E-state index contributed by atoms with van der Waals surface area (Å²) in [6, 6.07) is 4.39. The van der Waals surface area contributed by atoms with Crippen molar-refractivity contribution in [2.24, 2.45) is 0 Å². The third-order valence-electron chi connectivity index (χ3n) is 1.79. The fourth-order valence-corrected chi connectivity index (χ4v) is 1.89. The van der Waals surface area contributed by atoms with Crippen molar-refractivity contribution >= 4 is 27.5 Å². The van der Waals surface area contributed by atoms with Gasteiger partial charge in [0.25, 0.3) is 0 Å². The number of aromatic amines is 1. The van der Waals surface area contributed by atoms with Crippen molar-refractivity contribution in [3.8, 4) is 11.3 Å². The van der Waals surface area contributed by atoms with Crippen LogP contribution >= 0.6 is 27.5 Å². The highest BCUT2D eigenvalue weighted by molar-refractivity contribution is 9.10. The van der Waals surface area contributed by atoms with Gasteiger partial charge >= 0.3 is 0 Å². The molecule has 0 aliphatic carbocycles. The Morgan fingerprint density at radius 2 is 2.21 bits per heavy atom. The van der Waals surface area contributed by atoms with Gasteiger partial charge in [0, 0.05) is 10.0 Å². The van der Waals surface area contributed by atoms with Crippen LogP contribution < -0.4 is 0 Å². The maximum absolute atomic E-state index is 12.8. The molecule has 0 unspecified atom stereocenters. The second kappa shape index (κ2) is 3.71. The van der Waals surface area contributed by atoms with Crippen LogP contribution in [0, 0.1) is 5.82 Å². The molecule has 1 aromatic heterocycles. The lowest BCUT2D eigenvalue weighted by molar-refractivity contribution is 0.627. The molecule has 0 spiro atoms. The number of nitrogens with one attached hydrogen (secondary N) is 1. The maximum Gasteiger partial charge on any atom is 0.124 e. The SMILES string of the molecule is Fc1ccc(-c2[nH]ncc2Cl)c(Br)c1. The van der Waals surface area contributed by atoms with Crippen molar-refractivity contribution in [2.45, 2.75) is 0 Å². The standard InChI is InChI=1S/C9H5BrClFN2/c10-7-3-5(12)1-2-6(7)9-8(11)4-13-14-9/h1-4H,(H,13,14). The molecule has 0 fully saturated rings. The first-order chi connectivity index (χ1) is 6.68. The number of benzene rings is 1. The van der Waals surface area contributed by atoms with Gasteiger partial charge in [-0.2, -0.15) is 5.10 Å². The van der Waals surface area contributed by atoms with E-state index in [1.807, 2.05) is 0 Å². The highest BCUT2D eigenvalue weighted by Gasteiger charge is 2.09. The van der Waals surface area contributed by atoms with Crippen molar-refractivity contribution < 1.29 is 4.39 Å². The number of H-pyrrole nitrogens is 1. The van der Waals surface area contributed by atoms with E-state index in [0.717, 1.165) is 5.56 Å². The summed E-state index contributed by atoms with van der Waals surface area (Å²) < 4.78 is 13.4. The van der Waals surface area contributed by atoms with E-state index >= 15 is 0 Å². The zero-order valence-electron chi connectivity index (χ0n) is 6.89. The predicted octanol–water partition coefficient (Wildman–Crippen LogP) is 3.63. The topological polar surface area (TPSA) is 28.7 Å². The molecule has 0 saturated heterocycles. The molecule has 0 saturated carbocycles. The first-order valence-electron chi connectivity index (χ1n) is 3.83. The Morgan fingerprint density at radius 3 is 2.79 bits per heavy atom. The summed E-state index contributed by atoms with van der Waals surface area (Å²) >= 11 is 9.13. The van der Waals surface area contributed by atoms with E-state index in [1.54, 1.807) is 6.07 Å². The Labute approximate surface area is 93.2 Å². The molecule has 0 amide bonds. The van der Waals surface area contributed by atoms with Crippen LogP contribution in [0.15, 0.2) is 28.9 Å². The third-order valence-corrected chi connectivity index (χ3v) is 2.74. The molecule has 5 heteroatoms. The number of rotatable bonds is 1. The van der Waals surface area contributed by atoms with E-state index in [9.17, 15) is 4.39 Å². The molecule has 1 aromatic carbocycles. The summed E-state index contributed by atoms with van der Waals surface area (Å²) in [6.07, 6.45) is 1.51. The van der Waals surface area contributed by atoms with Gasteiger partial charge in [-0.3, -0.25) is 5.10 Å². The lowest BCUT2D eigenvalue weighted by atomic mass is 10.1. The lowest BCUT2D eigenvalue weighted by Gasteiger charge is -2.01. The van der Waals surface area contributed by atoms with Gasteiger partial charge in [-0.25, -0.2) is 4.39 Å². The van der Waals surface area contributed by atoms with Crippen molar-refractivity contribution in [1.29, 1.82) is 0 Å². The number of halogens is 3. The number of nitrogens with zero attached hydrogens (tertiary/aromatic N) is 1. The average Bonchev–Trinajstić information content (AvgIpc) is 2.52. The monoisotopic (exact) mass is 274 g/mol. The summed E-state index contributed by atoms with van der Waals surface area (Å²) in [7, 11) is 0. The highest BCUT2D eigenvalue weighted by Crippen LogP contribution is 2.31. The molecule has 2 rings (SSSR count). The smallest absolute Gasteiger partial charge is 0.124 e. The molecule has 72 valence electrons. The van der Waals surface area contributed by atoms with Crippen LogP contribution in [0.1, 0.15) is 0 Å². The van der Waals surface area contributed by atoms with Crippen molar-refractivity contribution in [3.63, 3.8) is 0 Å². The van der Waals surface area contributed by atoms with Crippen LogP contribution in [0.2, 0.25) is 5.02 Å². The summed E-state index contributed by atoms with van der Waals surface area (Å²) in [5, 5.41) is 7.05. The van der Waals surface area contributed by atoms with E-state index < -0.39 is 0 Å². The molecular formula is C9H5BrClFN2. The Hall–Kier alpha value is -0.870. The van der Waals surface area contributed by atoms with Crippen LogP contribution in [0.25, 0.3) is 11.3 Å². The average molecular weight is 276 g/mol. The van der Waals surface area contributed by atoms with Crippen molar-refractivity contribution in [3.05, 3.63) is 39.7 Å². The van der Waals surface area contributed by atoms with Crippen LogP contribution in [-0.4, -0.2) is 10.2 Å². The minimum absolute atomic E-state index is 0.295. The molecule has 1 N–H and O–H groups in total. The molecular weight excluding hydrogens is 270 g/mol. The minimum Gasteiger partial charge on any atom is -0.276 e. The van der Waals surface area contributed by atoms with E-state index in [2.05, 4.69) is 26.1 Å². The predicted molar refractivity (Wildman–Crippen MR) is 56.7 cm³/mol. The molecule has 2 aromatic rings. The zero-order chi connectivity index (χ0) is 10.1. The van der Waals surface area contributed by atoms with Gasteiger partial charge in [0.15, 0.2) is 0 Å². The van der Waals surface area contributed by atoms with Gasteiger partial charge < -0.3 is 0 Å². The largest absolute Gasteiger partial charge is 0.276 e. The zero-order valence-corrected chi connectivity index (χ0v) is 9.23. The first-order valence-corrected chi connectivity index (χ1v) is 5.00. The second-order valence-corrected chi connectivity index (χ2v) is 3.98. The fraction of sp³-hybridized carbons (Fsp3) is 0. The van der Waals surface area contributed by atoms with Gasteiger partial charge in [-0.15, -0.1) is 0 Å². The normalized spacial score (nSPS) is 10.5. The summed E-state index contributed by atoms with van der Waals surface area (Å²) in [5.41, 5.74) is 1.47. The second-order valence-electron chi connectivity index (χ2n) is 2.72. The first kappa shape index (κ1) is 9.68. The third kappa shape index (κ3) is 1.67. The van der Waals surface area contributed by atoms with E-state index in [1.165, 1.54) is 18.3 Å². The Balaban J connectivity index is 2.58. The van der Waals surface area contributed by atoms with Crippen LogP contribution in [0.3, 0.4) is 0 Å². The van der Waals surface area contributed by atoms with Gasteiger partial charge in [0.2, 0.25) is 0 Å². The molecule has 2 nitrogen and oxygen atoms in total. The molecule has 0 bridgehead atoms. The molecule has 1 heterocycles. The maximum atomic E-state index is 12.8.